The van der Waals surface area contributed by atoms with Crippen LogP contribution in [0.25, 0.3) is 0 Å². The van der Waals surface area contributed by atoms with Crippen LogP contribution in [0.3, 0.4) is 0 Å². The van der Waals surface area contributed by atoms with Gasteiger partial charge in [-0.25, -0.2) is 0 Å². The van der Waals surface area contributed by atoms with Crippen molar-refractivity contribution in [3.05, 3.63) is 12.2 Å². The Kier molecular flexibility index (Phi) is 2.88. The third kappa shape index (κ3) is 1.69. The van der Waals surface area contributed by atoms with Crippen molar-refractivity contribution in [1.82, 2.24) is 4.90 Å². The van der Waals surface area contributed by atoms with E-state index in [2.05, 4.69) is 23.1 Å². The predicted molar refractivity (Wildman–Crippen MR) is 56.8 cm³/mol. The molecule has 2 heteroatoms. The van der Waals surface area contributed by atoms with E-state index in [0.29, 0.717) is 0 Å². The van der Waals surface area contributed by atoms with Crippen LogP contribution in [0.2, 0.25) is 0 Å². The molecule has 2 nitrogen and oxygen atoms in total. The Hall–Kier alpha value is -0.810. The molecule has 0 aromatic heterocycles. The molecule has 0 aromatic carbocycles. The number of hydrogen-bond donors (Lipinski definition) is 0. The minimum absolute atomic E-state index is 0.122. The summed E-state index contributed by atoms with van der Waals surface area (Å²) in [5.74, 6) is 0. The van der Waals surface area contributed by atoms with Crippen molar-refractivity contribution in [3.63, 3.8) is 0 Å². The van der Waals surface area contributed by atoms with Crippen molar-refractivity contribution in [2.45, 2.75) is 44.1 Å². The Labute approximate surface area is 86.2 Å². The second-order valence-corrected chi connectivity index (χ2v) is 4.41. The van der Waals surface area contributed by atoms with Gasteiger partial charge in [0.2, 0.25) is 0 Å². The molecular formula is C12H18N2. The summed E-state index contributed by atoms with van der Waals surface area (Å²) in [7, 11) is 0. The van der Waals surface area contributed by atoms with E-state index < -0.39 is 0 Å². The molecule has 1 aliphatic carbocycles. The van der Waals surface area contributed by atoms with Gasteiger partial charge in [-0.3, -0.25) is 4.90 Å². The molecule has 2 rings (SSSR count). The first-order chi connectivity index (χ1) is 6.87. The van der Waals surface area contributed by atoms with Gasteiger partial charge in [-0.2, -0.15) is 5.26 Å². The molecule has 0 radical (unpaired) electrons. The van der Waals surface area contributed by atoms with Crippen LogP contribution in [-0.2, 0) is 0 Å². The van der Waals surface area contributed by atoms with Gasteiger partial charge in [0.25, 0.3) is 0 Å². The fraction of sp³-hybridized carbons (Fsp3) is 0.750. The van der Waals surface area contributed by atoms with Crippen LogP contribution in [0.4, 0.5) is 0 Å². The van der Waals surface area contributed by atoms with Crippen LogP contribution < -0.4 is 0 Å². The Balaban J connectivity index is 2.10. The summed E-state index contributed by atoms with van der Waals surface area (Å²) in [6, 6.07) is 2.58. The largest absolute Gasteiger partial charge is 0.282 e. The maximum Gasteiger partial charge on any atom is 0.109 e. The molecule has 0 amide bonds. The smallest absolute Gasteiger partial charge is 0.109 e. The maximum atomic E-state index is 9.38. The lowest BCUT2D eigenvalue weighted by Gasteiger charge is -2.41. The highest BCUT2D eigenvalue weighted by Gasteiger charge is 2.37. The molecule has 1 fully saturated rings. The first-order valence-electron chi connectivity index (χ1n) is 5.69. The van der Waals surface area contributed by atoms with Crippen molar-refractivity contribution >= 4 is 0 Å². The average molecular weight is 190 g/mol. The SMILES string of the molecule is N#CC1(N2CC=CCC2)CCCCC1. The zero-order chi connectivity index (χ0) is 9.86. The van der Waals surface area contributed by atoms with Crippen molar-refractivity contribution in [2.75, 3.05) is 13.1 Å². The third-order valence-electron chi connectivity index (χ3n) is 3.55. The van der Waals surface area contributed by atoms with Gasteiger partial charge in [0.05, 0.1) is 6.07 Å². The van der Waals surface area contributed by atoms with Gasteiger partial charge >= 0.3 is 0 Å². The van der Waals surface area contributed by atoms with E-state index >= 15 is 0 Å². The second-order valence-electron chi connectivity index (χ2n) is 4.41. The second kappa shape index (κ2) is 4.14. The van der Waals surface area contributed by atoms with E-state index in [4.69, 9.17) is 0 Å². The molecule has 0 spiro atoms. The maximum absolute atomic E-state index is 9.38. The lowest BCUT2D eigenvalue weighted by molar-refractivity contribution is 0.109. The fourth-order valence-electron chi connectivity index (χ4n) is 2.67. The van der Waals surface area contributed by atoms with E-state index in [1.165, 1.54) is 19.3 Å². The summed E-state index contributed by atoms with van der Waals surface area (Å²) in [4.78, 5) is 2.38. The molecule has 0 atom stereocenters. The summed E-state index contributed by atoms with van der Waals surface area (Å²) in [5, 5.41) is 9.38. The van der Waals surface area contributed by atoms with E-state index in [1.54, 1.807) is 0 Å². The van der Waals surface area contributed by atoms with E-state index in [0.717, 1.165) is 32.4 Å². The van der Waals surface area contributed by atoms with Gasteiger partial charge in [-0.1, -0.05) is 31.4 Å². The molecule has 0 bridgehead atoms. The lowest BCUT2D eigenvalue weighted by atomic mass is 9.81. The van der Waals surface area contributed by atoms with Gasteiger partial charge in [0, 0.05) is 13.1 Å². The summed E-state index contributed by atoms with van der Waals surface area (Å²) in [6.07, 6.45) is 11.5. The number of nitriles is 1. The highest BCUT2D eigenvalue weighted by atomic mass is 15.2. The first-order valence-corrected chi connectivity index (χ1v) is 5.69. The zero-order valence-corrected chi connectivity index (χ0v) is 8.71. The summed E-state index contributed by atoms with van der Waals surface area (Å²) >= 11 is 0. The standard InChI is InChI=1S/C12H18N2/c13-11-12(7-3-1-4-8-12)14-9-5-2-6-10-14/h2,5H,1,3-4,6-10H2. The molecule has 2 aliphatic rings. The Morgan fingerprint density at radius 1 is 1.14 bits per heavy atom. The highest BCUT2D eigenvalue weighted by molar-refractivity contribution is 5.12. The van der Waals surface area contributed by atoms with Crippen LogP contribution in [0, 0.1) is 11.3 Å². The van der Waals surface area contributed by atoms with Gasteiger partial charge in [-0.15, -0.1) is 0 Å². The Bertz CT molecular complexity index is 256. The normalized spacial score (nSPS) is 27.1. The van der Waals surface area contributed by atoms with Crippen molar-refractivity contribution in [3.8, 4) is 6.07 Å². The number of hydrogen-bond acceptors (Lipinski definition) is 2. The molecule has 1 saturated carbocycles. The van der Waals surface area contributed by atoms with Gasteiger partial charge in [0.1, 0.15) is 5.54 Å². The highest BCUT2D eigenvalue weighted by Crippen LogP contribution is 2.33. The van der Waals surface area contributed by atoms with Gasteiger partial charge in [-0.05, 0) is 19.3 Å². The summed E-state index contributed by atoms with van der Waals surface area (Å²) in [6.45, 7) is 2.05. The Morgan fingerprint density at radius 2 is 1.93 bits per heavy atom. The zero-order valence-electron chi connectivity index (χ0n) is 8.71. The molecule has 0 unspecified atom stereocenters. The van der Waals surface area contributed by atoms with E-state index in [9.17, 15) is 5.26 Å². The van der Waals surface area contributed by atoms with Crippen LogP contribution in [-0.4, -0.2) is 23.5 Å². The molecule has 0 saturated heterocycles. The predicted octanol–water partition coefficient (Wildman–Crippen LogP) is 2.47. The molecule has 14 heavy (non-hydrogen) atoms. The van der Waals surface area contributed by atoms with Crippen LogP contribution in [0.15, 0.2) is 12.2 Å². The van der Waals surface area contributed by atoms with Crippen LogP contribution in [0.1, 0.15) is 38.5 Å². The van der Waals surface area contributed by atoms with E-state index in [-0.39, 0.29) is 5.54 Å². The minimum Gasteiger partial charge on any atom is -0.282 e. The van der Waals surface area contributed by atoms with Gasteiger partial charge < -0.3 is 0 Å². The number of nitrogens with zero attached hydrogens (tertiary/aromatic N) is 2. The molecular weight excluding hydrogens is 172 g/mol. The van der Waals surface area contributed by atoms with Crippen LogP contribution >= 0.6 is 0 Å². The molecule has 1 heterocycles. The summed E-state index contributed by atoms with van der Waals surface area (Å²) in [5.41, 5.74) is -0.122. The third-order valence-corrected chi connectivity index (χ3v) is 3.55. The van der Waals surface area contributed by atoms with Crippen molar-refractivity contribution < 1.29 is 0 Å². The van der Waals surface area contributed by atoms with Crippen molar-refractivity contribution in [1.29, 1.82) is 5.26 Å². The Morgan fingerprint density at radius 3 is 2.50 bits per heavy atom. The van der Waals surface area contributed by atoms with Crippen molar-refractivity contribution in [2.24, 2.45) is 0 Å². The van der Waals surface area contributed by atoms with Crippen LogP contribution in [0.5, 0.6) is 0 Å². The minimum atomic E-state index is -0.122. The first kappa shape index (κ1) is 9.73. The van der Waals surface area contributed by atoms with E-state index in [1.807, 2.05) is 0 Å². The topological polar surface area (TPSA) is 27.0 Å². The molecule has 0 N–H and O–H groups in total. The quantitative estimate of drug-likeness (QED) is 0.594. The lowest BCUT2D eigenvalue weighted by Crippen LogP contribution is -2.50. The monoisotopic (exact) mass is 190 g/mol. The van der Waals surface area contributed by atoms with Gasteiger partial charge in [0.15, 0.2) is 0 Å². The molecule has 76 valence electrons. The number of rotatable bonds is 1. The average Bonchev–Trinajstić information content (AvgIpc) is 2.31. The molecule has 1 aliphatic heterocycles. The molecule has 0 aromatic rings. The summed E-state index contributed by atoms with van der Waals surface area (Å²) < 4.78 is 0. The fourth-order valence-corrected chi connectivity index (χ4v) is 2.67.